The molecule has 1 N–H and O–H groups in total. The largest absolute Gasteiger partial charge is 0.299 e. The van der Waals surface area contributed by atoms with Crippen LogP contribution < -0.4 is 4.72 Å². The summed E-state index contributed by atoms with van der Waals surface area (Å²) in [6, 6.07) is 3.86. The molecule has 20 heavy (non-hydrogen) atoms. The maximum Gasteiger partial charge on any atom is 0.250 e. The number of hydrogen-bond acceptors (Lipinski definition) is 4. The molecule has 4 nitrogen and oxygen atoms in total. The van der Waals surface area contributed by atoms with Crippen LogP contribution in [-0.2, 0) is 16.4 Å². The van der Waals surface area contributed by atoms with Crippen molar-refractivity contribution in [1.29, 1.82) is 0 Å². The second-order valence-electron chi connectivity index (χ2n) is 5.37. The topological polar surface area (TPSA) is 49.4 Å². The first kappa shape index (κ1) is 15.9. The molecule has 1 saturated heterocycles. The lowest BCUT2D eigenvalue weighted by Crippen LogP contribution is -2.44. The first-order valence-corrected chi connectivity index (χ1v) is 9.65. The molecule has 1 atom stereocenters. The first-order valence-electron chi connectivity index (χ1n) is 7.35. The van der Waals surface area contributed by atoms with Crippen molar-refractivity contribution in [2.24, 2.45) is 0 Å². The summed E-state index contributed by atoms with van der Waals surface area (Å²) in [6.45, 7) is 6.79. The molecule has 114 valence electrons. The van der Waals surface area contributed by atoms with Crippen LogP contribution in [-0.4, -0.2) is 39.0 Å². The zero-order valence-corrected chi connectivity index (χ0v) is 13.9. The molecule has 0 bridgehead atoms. The molecule has 0 amide bonds. The number of rotatable bonds is 6. The average molecular weight is 316 g/mol. The molecule has 6 heteroatoms. The van der Waals surface area contributed by atoms with E-state index in [1.54, 1.807) is 6.07 Å². The Balaban J connectivity index is 1.91. The van der Waals surface area contributed by atoms with Crippen molar-refractivity contribution < 1.29 is 8.42 Å². The summed E-state index contributed by atoms with van der Waals surface area (Å²) in [5.41, 5.74) is 0. The molecule has 0 spiro atoms. The van der Waals surface area contributed by atoms with E-state index < -0.39 is 10.0 Å². The molecule has 1 fully saturated rings. The minimum atomic E-state index is -3.34. The van der Waals surface area contributed by atoms with Gasteiger partial charge in [-0.15, -0.1) is 11.3 Å². The Labute approximate surface area is 126 Å². The highest BCUT2D eigenvalue weighted by atomic mass is 32.2. The summed E-state index contributed by atoms with van der Waals surface area (Å²) in [6.07, 6.45) is 4.62. The van der Waals surface area contributed by atoms with E-state index in [2.05, 4.69) is 16.5 Å². The third kappa shape index (κ3) is 4.04. The number of nitrogens with one attached hydrogen (secondary N) is 1. The molecule has 2 heterocycles. The minimum absolute atomic E-state index is 0.260. The number of sulfonamides is 1. The van der Waals surface area contributed by atoms with Crippen LogP contribution in [0.3, 0.4) is 0 Å². The van der Waals surface area contributed by atoms with Gasteiger partial charge < -0.3 is 0 Å². The number of nitrogens with zero attached hydrogens (tertiary/aromatic N) is 1. The third-order valence-electron chi connectivity index (χ3n) is 3.83. The van der Waals surface area contributed by atoms with Crippen molar-refractivity contribution in [2.75, 3.05) is 19.6 Å². The maximum atomic E-state index is 12.2. The molecule has 1 aromatic heterocycles. The van der Waals surface area contributed by atoms with Crippen LogP contribution in [0.1, 0.15) is 38.0 Å². The highest BCUT2D eigenvalue weighted by molar-refractivity contribution is 7.91. The predicted molar refractivity (Wildman–Crippen MR) is 83.8 cm³/mol. The quantitative estimate of drug-likeness (QED) is 0.877. The van der Waals surface area contributed by atoms with Gasteiger partial charge >= 0.3 is 0 Å². The Bertz CT molecular complexity index is 519. The van der Waals surface area contributed by atoms with Gasteiger partial charge in [-0.3, -0.25) is 4.90 Å². The zero-order chi connectivity index (χ0) is 14.6. The van der Waals surface area contributed by atoms with E-state index in [1.807, 2.05) is 13.0 Å². The molecular weight excluding hydrogens is 292 g/mol. The Morgan fingerprint density at radius 2 is 2.00 bits per heavy atom. The molecule has 0 saturated carbocycles. The van der Waals surface area contributed by atoms with Gasteiger partial charge in [-0.05, 0) is 51.4 Å². The standard InChI is InChI=1S/C14H24N2O2S2/c1-3-13-7-8-14(19-13)20(17,18)15-11-12(2)16-9-5-4-6-10-16/h7-8,12,15H,3-6,9-11H2,1-2H3. The fraction of sp³-hybridized carbons (Fsp3) is 0.714. The van der Waals surface area contributed by atoms with E-state index in [1.165, 1.54) is 30.6 Å². The maximum absolute atomic E-state index is 12.2. The first-order chi connectivity index (χ1) is 9.53. The van der Waals surface area contributed by atoms with Crippen molar-refractivity contribution >= 4 is 21.4 Å². The number of hydrogen-bond donors (Lipinski definition) is 1. The zero-order valence-electron chi connectivity index (χ0n) is 12.3. The fourth-order valence-electron chi connectivity index (χ4n) is 2.48. The van der Waals surface area contributed by atoms with Gasteiger partial charge in [0.25, 0.3) is 0 Å². The molecule has 0 aliphatic carbocycles. The van der Waals surface area contributed by atoms with Crippen molar-refractivity contribution in [2.45, 2.75) is 49.8 Å². The van der Waals surface area contributed by atoms with Crippen molar-refractivity contribution in [3.8, 4) is 0 Å². The van der Waals surface area contributed by atoms with E-state index in [0.717, 1.165) is 24.4 Å². The molecule has 1 aromatic rings. The molecule has 1 unspecified atom stereocenters. The van der Waals surface area contributed by atoms with Crippen LogP contribution in [0.5, 0.6) is 0 Å². The van der Waals surface area contributed by atoms with Crippen LogP contribution in [0.15, 0.2) is 16.3 Å². The Hall–Kier alpha value is -0.430. The third-order valence-corrected chi connectivity index (χ3v) is 6.98. The molecule has 0 aromatic carbocycles. The Morgan fingerprint density at radius 1 is 1.30 bits per heavy atom. The van der Waals surface area contributed by atoms with Gasteiger partial charge in [0.05, 0.1) is 0 Å². The highest BCUT2D eigenvalue weighted by Gasteiger charge is 2.21. The summed E-state index contributed by atoms with van der Waals surface area (Å²) >= 11 is 1.36. The van der Waals surface area contributed by atoms with Gasteiger partial charge in [-0.1, -0.05) is 13.3 Å². The number of aryl methyl sites for hydroxylation is 1. The SMILES string of the molecule is CCc1ccc(S(=O)(=O)NCC(C)N2CCCCC2)s1. The van der Waals surface area contributed by atoms with E-state index in [0.29, 0.717) is 10.8 Å². The molecular formula is C14H24N2O2S2. The average Bonchev–Trinajstić information content (AvgIpc) is 2.95. The van der Waals surface area contributed by atoms with Gasteiger partial charge in [0.1, 0.15) is 4.21 Å². The second-order valence-corrected chi connectivity index (χ2v) is 8.53. The van der Waals surface area contributed by atoms with Gasteiger partial charge in [0.2, 0.25) is 10.0 Å². The molecule has 2 rings (SSSR count). The summed E-state index contributed by atoms with van der Waals surface area (Å²) in [4.78, 5) is 3.48. The summed E-state index contributed by atoms with van der Waals surface area (Å²) in [5.74, 6) is 0. The van der Waals surface area contributed by atoms with Crippen molar-refractivity contribution in [3.63, 3.8) is 0 Å². The minimum Gasteiger partial charge on any atom is -0.299 e. The number of thiophene rings is 1. The summed E-state index contributed by atoms with van der Waals surface area (Å²) in [7, 11) is -3.34. The number of likely N-dealkylation sites (tertiary alicyclic amines) is 1. The van der Waals surface area contributed by atoms with Crippen LogP contribution in [0.25, 0.3) is 0 Å². The smallest absolute Gasteiger partial charge is 0.250 e. The van der Waals surface area contributed by atoms with Crippen molar-refractivity contribution in [1.82, 2.24) is 9.62 Å². The normalized spacial score (nSPS) is 19.1. The monoisotopic (exact) mass is 316 g/mol. The molecule has 0 radical (unpaired) electrons. The van der Waals surface area contributed by atoms with E-state index in [4.69, 9.17) is 0 Å². The van der Waals surface area contributed by atoms with Crippen LogP contribution in [0.4, 0.5) is 0 Å². The van der Waals surface area contributed by atoms with Crippen LogP contribution in [0.2, 0.25) is 0 Å². The Kier molecular flexibility index (Phi) is 5.60. The van der Waals surface area contributed by atoms with Crippen molar-refractivity contribution in [3.05, 3.63) is 17.0 Å². The van der Waals surface area contributed by atoms with Gasteiger partial charge in [-0.25, -0.2) is 13.1 Å². The second kappa shape index (κ2) is 7.02. The van der Waals surface area contributed by atoms with Gasteiger partial charge in [-0.2, -0.15) is 0 Å². The number of piperidine rings is 1. The van der Waals surface area contributed by atoms with E-state index in [9.17, 15) is 8.42 Å². The lowest BCUT2D eigenvalue weighted by Gasteiger charge is -2.32. The summed E-state index contributed by atoms with van der Waals surface area (Å²) < 4.78 is 27.6. The lowest BCUT2D eigenvalue weighted by atomic mass is 10.1. The summed E-state index contributed by atoms with van der Waals surface area (Å²) in [5, 5.41) is 0. The van der Waals surface area contributed by atoms with E-state index in [-0.39, 0.29) is 6.04 Å². The lowest BCUT2D eigenvalue weighted by molar-refractivity contribution is 0.175. The molecule has 1 aliphatic rings. The van der Waals surface area contributed by atoms with Gasteiger partial charge in [0.15, 0.2) is 0 Å². The van der Waals surface area contributed by atoms with E-state index >= 15 is 0 Å². The predicted octanol–water partition coefficient (Wildman–Crippen LogP) is 2.46. The Morgan fingerprint density at radius 3 is 2.60 bits per heavy atom. The van der Waals surface area contributed by atoms with Crippen LogP contribution >= 0.6 is 11.3 Å². The fourth-order valence-corrected chi connectivity index (χ4v) is 4.94. The highest BCUT2D eigenvalue weighted by Crippen LogP contribution is 2.21. The van der Waals surface area contributed by atoms with Crippen LogP contribution in [0, 0.1) is 0 Å². The molecule has 1 aliphatic heterocycles. The van der Waals surface area contributed by atoms with Gasteiger partial charge in [0, 0.05) is 17.5 Å².